The van der Waals surface area contributed by atoms with Crippen molar-refractivity contribution in [2.24, 2.45) is 11.8 Å². The molecule has 2 aliphatic rings. The fourth-order valence-electron chi connectivity index (χ4n) is 17.0. The molecule has 127 heavy (non-hydrogen) atoms. The Labute approximate surface area is 756 Å². The first-order chi connectivity index (χ1) is 60.7. The van der Waals surface area contributed by atoms with Crippen molar-refractivity contribution in [3.05, 3.63) is 95.1 Å². The molecule has 0 aromatic heterocycles. The molecule has 10 atom stereocenters. The molecule has 26 nitrogen and oxygen atoms in total. The molecular formula is C101H154N8O18. The van der Waals surface area contributed by atoms with Gasteiger partial charge in [0, 0.05) is 126 Å². The third-order valence-corrected chi connectivity index (χ3v) is 25.1. The number of likely N-dealkylation sites (N-methyl/N-ethyl adjacent to an activating group) is 4. The van der Waals surface area contributed by atoms with Gasteiger partial charge in [0.15, 0.2) is 23.1 Å². The number of aliphatic hydroxyl groups excluding tert-OH is 2. The minimum absolute atomic E-state index is 0.0970. The van der Waals surface area contributed by atoms with Crippen LogP contribution in [0, 0.1) is 11.8 Å². The number of amides is 8. The highest BCUT2D eigenvalue weighted by atomic mass is 16.3. The number of phenolic OH excluding ortho intramolecular Hbond substituents is 4. The third kappa shape index (κ3) is 36.1. The number of unbranched alkanes of at least 4 members (excludes halogenated alkanes) is 25. The lowest BCUT2D eigenvalue weighted by molar-refractivity contribution is -0.142. The predicted molar refractivity (Wildman–Crippen MR) is 496 cm³/mol. The first-order valence-corrected chi connectivity index (χ1v) is 47.6. The fourth-order valence-corrected chi connectivity index (χ4v) is 17.0. The average Bonchev–Trinajstić information content (AvgIpc) is 0.790. The Hall–Kier alpha value is -9.56. The lowest BCUT2D eigenvalue weighted by atomic mass is 9.87. The summed E-state index contributed by atoms with van der Waals surface area (Å²) < 4.78 is 0. The van der Waals surface area contributed by atoms with Crippen LogP contribution in [0.3, 0.4) is 0 Å². The standard InChI is InChI=1S/C51H78N4O9.C50H76N4O9/c1-7-9-11-12-13-14-15-16-17-18-19-20-21-23-47(61)54(5)42(34-56)51(64)53-36(4)43(57)28-29-48(62)55(6)49-38-25-27-45(59)41(32-38)40-31-37(24-26-44(40)58)30-35(3)52-50(63)39(22-10-8-2)33-46(49)60;1-7-9-10-11-12-13-14-15-16-17-18-19-20-22-46(60)53(5)41(33-55)50(63)52-35(4)42(56)27-28-47(61)54(6)48-37-24-26-44(58)40(31-37)39-30-36(23-25-43(39)57)29-34(3)51-49(62)38(21-8-2)32-45(48)59/h24-27,31-32,35-36,39,42,49,56,58-59H,7-23,28-30,33-34H2,1-6H3,(H,52,63)(H,53,64);23-26,30-31,34-35,38,41,48,55,57-58H,7-22,27-29,32-33H2,1-6H3,(H,51,62)(H,52,63)/t35-,36-,39-,42-,49+;34-,35-,38-,41-,48+/m11/s1. The fraction of sp³-hybridized carbons (Fsp3) is 0.644. The van der Waals surface area contributed by atoms with Gasteiger partial charge < -0.3 is 71.5 Å². The van der Waals surface area contributed by atoms with E-state index >= 15 is 0 Å². The van der Waals surface area contributed by atoms with Crippen LogP contribution >= 0.6 is 0 Å². The van der Waals surface area contributed by atoms with E-state index in [0.717, 1.165) is 56.1 Å². The van der Waals surface area contributed by atoms with Gasteiger partial charge in [-0.25, -0.2) is 0 Å². The van der Waals surface area contributed by atoms with E-state index in [4.69, 9.17) is 0 Å². The summed E-state index contributed by atoms with van der Waals surface area (Å²) in [6, 6.07) is 11.5. The molecule has 4 aromatic rings. The second-order valence-corrected chi connectivity index (χ2v) is 35.7. The Bertz CT molecular complexity index is 4170. The van der Waals surface area contributed by atoms with Crippen molar-refractivity contribution in [3.8, 4) is 45.3 Å². The number of aromatic hydroxyl groups is 4. The zero-order chi connectivity index (χ0) is 93.7. The first kappa shape index (κ1) is 108. The maximum Gasteiger partial charge on any atom is 0.245 e. The molecule has 2 aliphatic heterocycles. The van der Waals surface area contributed by atoms with Gasteiger partial charge in [0.25, 0.3) is 0 Å². The maximum atomic E-state index is 14.3. The summed E-state index contributed by atoms with van der Waals surface area (Å²) in [5.74, 6) is -7.05. The van der Waals surface area contributed by atoms with Crippen LogP contribution in [0.4, 0.5) is 0 Å². The molecule has 26 heteroatoms. The molecule has 8 amide bonds. The number of rotatable bonds is 51. The van der Waals surface area contributed by atoms with E-state index in [1.807, 2.05) is 27.7 Å². The van der Waals surface area contributed by atoms with Crippen LogP contribution in [-0.4, -0.2) is 198 Å². The smallest absolute Gasteiger partial charge is 0.245 e. The molecule has 0 fully saturated rings. The van der Waals surface area contributed by atoms with E-state index in [2.05, 4.69) is 35.1 Å². The summed E-state index contributed by atoms with van der Waals surface area (Å²) in [4.78, 5) is 167. The van der Waals surface area contributed by atoms with Crippen molar-refractivity contribution in [2.75, 3.05) is 41.4 Å². The lowest BCUT2D eigenvalue weighted by Crippen LogP contribution is -2.53. The Morgan fingerprint density at radius 1 is 0.370 bits per heavy atom. The zero-order valence-corrected chi connectivity index (χ0v) is 78.5. The average molecular weight is 1770 g/mol. The molecule has 8 bridgehead atoms. The molecule has 10 N–H and O–H groups in total. The molecule has 0 saturated carbocycles. The highest BCUT2D eigenvalue weighted by Gasteiger charge is 2.38. The second kappa shape index (κ2) is 58.1. The summed E-state index contributed by atoms with van der Waals surface area (Å²) in [6.45, 7) is 13.8. The molecule has 0 radical (unpaired) electrons. The topological polar surface area (TPSA) is 387 Å². The quantitative estimate of drug-likeness (QED) is 0.0184. The number of nitrogens with one attached hydrogen (secondary N) is 4. The molecule has 6 rings (SSSR count). The predicted octanol–water partition coefficient (Wildman–Crippen LogP) is 16.1. The second-order valence-electron chi connectivity index (χ2n) is 35.7. The van der Waals surface area contributed by atoms with Gasteiger partial charge in [0.05, 0.1) is 25.3 Å². The van der Waals surface area contributed by atoms with Gasteiger partial charge in [0.1, 0.15) is 47.2 Å². The number of hydrogen-bond acceptors (Lipinski definition) is 18. The number of Topliss-reactive ketones (excluding diaryl/α,β-unsaturated/α-hetero) is 4. The van der Waals surface area contributed by atoms with E-state index in [9.17, 15) is 88.2 Å². The van der Waals surface area contributed by atoms with E-state index in [-0.39, 0.29) is 121 Å². The maximum absolute atomic E-state index is 14.3. The van der Waals surface area contributed by atoms with Gasteiger partial charge >= 0.3 is 0 Å². The summed E-state index contributed by atoms with van der Waals surface area (Å²) in [5.41, 5.74) is 3.50. The number of carbonyl (C=O) groups excluding carboxylic acids is 12. The summed E-state index contributed by atoms with van der Waals surface area (Å²) in [6.07, 6.45) is 33.7. The minimum atomic E-state index is -1.19. The zero-order valence-electron chi connectivity index (χ0n) is 78.5. The highest BCUT2D eigenvalue weighted by molar-refractivity contribution is 5.99. The van der Waals surface area contributed by atoms with Crippen molar-refractivity contribution in [1.29, 1.82) is 0 Å². The molecule has 0 saturated heterocycles. The van der Waals surface area contributed by atoms with Gasteiger partial charge in [-0.05, 0) is 137 Å². The van der Waals surface area contributed by atoms with E-state index < -0.39 is 108 Å². The van der Waals surface area contributed by atoms with Crippen LogP contribution in [0.2, 0.25) is 0 Å². The Kier molecular flexibility index (Phi) is 49.4. The molecule has 4 aromatic carbocycles. The van der Waals surface area contributed by atoms with E-state index in [1.165, 1.54) is 214 Å². The van der Waals surface area contributed by atoms with Crippen molar-refractivity contribution in [1.82, 2.24) is 40.9 Å². The number of carbonyl (C=O) groups is 12. The normalized spacial score (nSPS) is 17.5. The van der Waals surface area contributed by atoms with Crippen LogP contribution in [0.1, 0.15) is 340 Å². The van der Waals surface area contributed by atoms with Gasteiger partial charge in [-0.1, -0.05) is 225 Å². The summed E-state index contributed by atoms with van der Waals surface area (Å²) >= 11 is 0. The van der Waals surface area contributed by atoms with Crippen molar-refractivity contribution in [3.63, 3.8) is 0 Å². The number of benzene rings is 4. The molecule has 0 unspecified atom stereocenters. The van der Waals surface area contributed by atoms with Crippen LogP contribution in [0.25, 0.3) is 22.3 Å². The number of ketones is 4. The van der Waals surface area contributed by atoms with Crippen molar-refractivity contribution in [2.45, 2.75) is 367 Å². The Morgan fingerprint density at radius 3 is 0.984 bits per heavy atom. The molecular weight excluding hydrogens is 1610 g/mol. The number of phenols is 4. The van der Waals surface area contributed by atoms with Gasteiger partial charge in [0.2, 0.25) is 47.3 Å². The van der Waals surface area contributed by atoms with Crippen molar-refractivity contribution >= 4 is 70.4 Å². The van der Waals surface area contributed by atoms with Crippen LogP contribution in [-0.2, 0) is 70.4 Å². The number of hydrogen-bond donors (Lipinski definition) is 10. The third-order valence-electron chi connectivity index (χ3n) is 25.1. The summed E-state index contributed by atoms with van der Waals surface area (Å²) in [5, 5.41) is 75.1. The Balaban J connectivity index is 0.000000450. The number of nitrogens with zero attached hydrogens (tertiary/aromatic N) is 4. The lowest BCUT2D eigenvalue weighted by Gasteiger charge is -2.30. The van der Waals surface area contributed by atoms with Gasteiger partial charge in [-0.3, -0.25) is 57.5 Å². The van der Waals surface area contributed by atoms with Gasteiger partial charge in [-0.15, -0.1) is 0 Å². The molecule has 0 aliphatic carbocycles. The number of fused-ring (bicyclic) bond motifs is 10. The first-order valence-electron chi connectivity index (χ1n) is 47.6. The summed E-state index contributed by atoms with van der Waals surface area (Å²) in [7, 11) is 5.83. The number of aliphatic hydroxyl groups is 2. The molecule has 2 heterocycles. The van der Waals surface area contributed by atoms with E-state index in [0.29, 0.717) is 73.6 Å². The minimum Gasteiger partial charge on any atom is -0.507 e. The van der Waals surface area contributed by atoms with Crippen LogP contribution in [0.5, 0.6) is 23.0 Å². The Morgan fingerprint density at radius 2 is 0.669 bits per heavy atom. The highest BCUT2D eigenvalue weighted by Crippen LogP contribution is 2.42. The van der Waals surface area contributed by atoms with E-state index in [1.54, 1.807) is 36.4 Å². The van der Waals surface area contributed by atoms with Gasteiger partial charge in [-0.2, -0.15) is 0 Å². The SMILES string of the molecule is CCCCCCCCCCCCCCCC(=O)N(C)[C@H](CO)C(=O)N[C@H](C)C(=O)CCC(=O)N(C)[C@@H]1C(=O)C[C@@H](CCC)C(=O)N[C@H](C)Cc2ccc(O)c(c2)-c2cc1ccc2O.CCCCCCCCCCCCCCCC(=O)N(C)[C@H](CO)C(=O)N[C@H](C)C(=O)CCC(=O)N(C)[C@@H]1C(=O)C[C@@H](CCCC)C(=O)N[C@H](C)Cc2ccc(O)c(c2)-c2cc1ccc2O. The molecule has 706 valence electrons. The monoisotopic (exact) mass is 1770 g/mol. The van der Waals surface area contributed by atoms with Crippen molar-refractivity contribution < 1.29 is 88.2 Å². The molecule has 0 spiro atoms. The largest absolute Gasteiger partial charge is 0.507 e. The van der Waals surface area contributed by atoms with Crippen LogP contribution < -0.4 is 21.3 Å². The van der Waals surface area contributed by atoms with Crippen LogP contribution in [0.15, 0.2) is 72.8 Å².